The van der Waals surface area contributed by atoms with Crippen LogP contribution < -0.4 is 0 Å². The average molecular weight is 186 g/mol. The van der Waals surface area contributed by atoms with Crippen LogP contribution in [0.25, 0.3) is 0 Å². The third-order valence-electron chi connectivity index (χ3n) is 2.11. The number of hydrogen-bond acceptors (Lipinski definition) is 2. The molecule has 0 aromatic rings. The molecule has 0 unspecified atom stereocenters. The van der Waals surface area contributed by atoms with Crippen LogP contribution >= 0.6 is 0 Å². The van der Waals surface area contributed by atoms with E-state index in [4.69, 9.17) is 0 Å². The molecule has 0 heterocycles. The number of hydrogen-bond donors (Lipinski definition) is 1. The molecule has 0 radical (unpaired) electrons. The first-order valence-corrected chi connectivity index (χ1v) is 5.22. The Morgan fingerprint density at radius 1 is 1.08 bits per heavy atom. The molecule has 0 aromatic carbocycles. The Labute approximate surface area is 81.3 Å². The maximum Gasteiger partial charge on any atom is 0.119 e. The van der Waals surface area contributed by atoms with Crippen molar-refractivity contribution < 1.29 is 9.90 Å². The van der Waals surface area contributed by atoms with Gasteiger partial charge in [-0.25, -0.2) is 0 Å². The van der Waals surface area contributed by atoms with Crippen LogP contribution in [0.15, 0.2) is 0 Å². The Hall–Kier alpha value is -0.370. The van der Waals surface area contributed by atoms with Crippen LogP contribution in [0.4, 0.5) is 0 Å². The highest BCUT2D eigenvalue weighted by Gasteiger charge is 2.10. The minimum absolute atomic E-state index is 0.511. The maximum absolute atomic E-state index is 9.99. The van der Waals surface area contributed by atoms with Crippen molar-refractivity contribution in [2.24, 2.45) is 0 Å². The molecule has 0 aromatic heterocycles. The van der Waals surface area contributed by atoms with Crippen molar-refractivity contribution in [2.45, 2.75) is 64.4 Å². The van der Waals surface area contributed by atoms with Gasteiger partial charge in [-0.1, -0.05) is 25.7 Å². The van der Waals surface area contributed by atoms with E-state index in [-0.39, 0.29) is 0 Å². The molecule has 0 aliphatic rings. The fourth-order valence-corrected chi connectivity index (χ4v) is 1.32. The van der Waals surface area contributed by atoms with Crippen molar-refractivity contribution in [3.8, 4) is 0 Å². The predicted octanol–water partition coefficient (Wildman–Crippen LogP) is 2.69. The predicted molar refractivity (Wildman–Crippen MR) is 54.7 cm³/mol. The molecule has 0 aliphatic heterocycles. The highest BCUT2D eigenvalue weighted by molar-refractivity contribution is 5.48. The lowest BCUT2D eigenvalue weighted by molar-refractivity contribution is -0.107. The SMILES string of the molecule is CC(C)(O)CCCCCCCC=O. The smallest absolute Gasteiger partial charge is 0.119 e. The van der Waals surface area contributed by atoms with Gasteiger partial charge in [0.1, 0.15) is 6.29 Å². The van der Waals surface area contributed by atoms with Gasteiger partial charge in [0.25, 0.3) is 0 Å². The van der Waals surface area contributed by atoms with Gasteiger partial charge in [0.05, 0.1) is 5.60 Å². The standard InChI is InChI=1S/C11H22O2/c1-11(2,13)9-7-5-3-4-6-8-10-12/h10,13H,3-9H2,1-2H3. The molecule has 13 heavy (non-hydrogen) atoms. The van der Waals surface area contributed by atoms with E-state index in [9.17, 15) is 9.90 Å². The number of rotatable bonds is 8. The highest BCUT2D eigenvalue weighted by atomic mass is 16.3. The molecular weight excluding hydrogens is 164 g/mol. The first-order chi connectivity index (χ1) is 6.06. The van der Waals surface area contributed by atoms with Crippen LogP contribution in [-0.4, -0.2) is 17.0 Å². The van der Waals surface area contributed by atoms with E-state index >= 15 is 0 Å². The molecule has 0 amide bonds. The minimum atomic E-state index is -0.511. The van der Waals surface area contributed by atoms with Crippen LogP contribution in [0.2, 0.25) is 0 Å². The van der Waals surface area contributed by atoms with Gasteiger partial charge in [-0.2, -0.15) is 0 Å². The van der Waals surface area contributed by atoms with Gasteiger partial charge < -0.3 is 9.90 Å². The van der Waals surface area contributed by atoms with Gasteiger partial charge in [-0.3, -0.25) is 0 Å². The van der Waals surface area contributed by atoms with E-state index in [0.717, 1.165) is 32.0 Å². The van der Waals surface area contributed by atoms with Crippen LogP contribution in [-0.2, 0) is 4.79 Å². The third kappa shape index (κ3) is 11.6. The number of aldehydes is 1. The van der Waals surface area contributed by atoms with Crippen LogP contribution in [0.1, 0.15) is 58.8 Å². The molecular formula is C11H22O2. The number of unbranched alkanes of at least 4 members (excludes halogenated alkanes) is 5. The number of carbonyl (C=O) groups excluding carboxylic acids is 1. The minimum Gasteiger partial charge on any atom is -0.390 e. The highest BCUT2D eigenvalue weighted by Crippen LogP contribution is 2.14. The molecule has 0 fully saturated rings. The zero-order valence-corrected chi connectivity index (χ0v) is 8.88. The number of aliphatic hydroxyl groups is 1. The lowest BCUT2D eigenvalue weighted by atomic mass is 10.00. The lowest BCUT2D eigenvalue weighted by Crippen LogP contribution is -2.17. The number of carbonyl (C=O) groups is 1. The van der Waals surface area contributed by atoms with Crippen molar-refractivity contribution in [1.82, 2.24) is 0 Å². The monoisotopic (exact) mass is 186 g/mol. The molecule has 1 N–H and O–H groups in total. The molecule has 0 saturated carbocycles. The fraction of sp³-hybridized carbons (Fsp3) is 0.909. The van der Waals surface area contributed by atoms with Gasteiger partial charge in [0.2, 0.25) is 0 Å². The summed E-state index contributed by atoms with van der Waals surface area (Å²) in [6.45, 7) is 3.69. The Balaban J connectivity index is 3.04. The molecule has 0 spiro atoms. The van der Waals surface area contributed by atoms with Crippen molar-refractivity contribution in [1.29, 1.82) is 0 Å². The second-order valence-corrected chi connectivity index (χ2v) is 4.29. The average Bonchev–Trinajstić information content (AvgIpc) is 2.01. The summed E-state index contributed by atoms with van der Waals surface area (Å²) >= 11 is 0. The molecule has 0 rings (SSSR count). The molecule has 0 aliphatic carbocycles. The molecule has 0 saturated heterocycles. The topological polar surface area (TPSA) is 37.3 Å². The largest absolute Gasteiger partial charge is 0.390 e. The summed E-state index contributed by atoms with van der Waals surface area (Å²) in [5, 5.41) is 9.41. The third-order valence-corrected chi connectivity index (χ3v) is 2.11. The Morgan fingerprint density at radius 2 is 1.62 bits per heavy atom. The summed E-state index contributed by atoms with van der Waals surface area (Å²) in [5.74, 6) is 0. The second kappa shape index (κ2) is 7.07. The molecule has 2 nitrogen and oxygen atoms in total. The van der Waals surface area contributed by atoms with Crippen molar-refractivity contribution >= 4 is 6.29 Å². The Bertz CT molecular complexity index is 125. The quantitative estimate of drug-likeness (QED) is 0.467. The van der Waals surface area contributed by atoms with Crippen LogP contribution in [0.5, 0.6) is 0 Å². The van der Waals surface area contributed by atoms with E-state index in [1.54, 1.807) is 0 Å². The van der Waals surface area contributed by atoms with Crippen molar-refractivity contribution in [3.05, 3.63) is 0 Å². The lowest BCUT2D eigenvalue weighted by Gasteiger charge is -2.16. The van der Waals surface area contributed by atoms with E-state index in [0.29, 0.717) is 6.42 Å². The van der Waals surface area contributed by atoms with E-state index in [1.165, 1.54) is 12.8 Å². The molecule has 0 bridgehead atoms. The zero-order chi connectivity index (χ0) is 10.2. The second-order valence-electron chi connectivity index (χ2n) is 4.29. The van der Waals surface area contributed by atoms with Gasteiger partial charge >= 0.3 is 0 Å². The Morgan fingerprint density at radius 3 is 2.15 bits per heavy atom. The van der Waals surface area contributed by atoms with E-state index in [1.807, 2.05) is 13.8 Å². The first-order valence-electron chi connectivity index (χ1n) is 5.22. The first kappa shape index (κ1) is 12.6. The molecule has 0 atom stereocenters. The summed E-state index contributed by atoms with van der Waals surface area (Å²) in [4.78, 5) is 9.99. The van der Waals surface area contributed by atoms with E-state index in [2.05, 4.69) is 0 Å². The van der Waals surface area contributed by atoms with Crippen LogP contribution in [0.3, 0.4) is 0 Å². The summed E-state index contributed by atoms with van der Waals surface area (Å²) in [5.41, 5.74) is -0.511. The summed E-state index contributed by atoms with van der Waals surface area (Å²) in [6.07, 6.45) is 8.16. The van der Waals surface area contributed by atoms with Crippen molar-refractivity contribution in [2.75, 3.05) is 0 Å². The summed E-state index contributed by atoms with van der Waals surface area (Å²) in [6, 6.07) is 0. The van der Waals surface area contributed by atoms with Gasteiger partial charge in [0, 0.05) is 6.42 Å². The van der Waals surface area contributed by atoms with Gasteiger partial charge in [-0.05, 0) is 26.7 Å². The molecule has 2 heteroatoms. The maximum atomic E-state index is 9.99. The Kier molecular flexibility index (Phi) is 6.87. The van der Waals surface area contributed by atoms with Crippen LogP contribution in [0, 0.1) is 0 Å². The zero-order valence-electron chi connectivity index (χ0n) is 8.88. The molecule has 78 valence electrons. The van der Waals surface area contributed by atoms with Crippen molar-refractivity contribution in [3.63, 3.8) is 0 Å². The summed E-state index contributed by atoms with van der Waals surface area (Å²) in [7, 11) is 0. The normalized spacial score (nSPS) is 11.6. The fourth-order valence-electron chi connectivity index (χ4n) is 1.32. The summed E-state index contributed by atoms with van der Waals surface area (Å²) < 4.78 is 0. The van der Waals surface area contributed by atoms with E-state index < -0.39 is 5.60 Å². The van der Waals surface area contributed by atoms with Gasteiger partial charge in [-0.15, -0.1) is 0 Å². The van der Waals surface area contributed by atoms with Gasteiger partial charge in [0.15, 0.2) is 0 Å².